The summed E-state index contributed by atoms with van der Waals surface area (Å²) in [5, 5.41) is 0. The lowest BCUT2D eigenvalue weighted by Crippen LogP contribution is -2.54. The number of carbonyl (C=O) groups is 1. The van der Waals surface area contributed by atoms with E-state index in [0.717, 1.165) is 41.6 Å². The number of fused-ring (bicyclic) bond motifs is 5. The van der Waals surface area contributed by atoms with E-state index in [9.17, 15) is 4.79 Å². The average molecular weight is 371 g/mol. The second kappa shape index (κ2) is 7.03. The molecule has 0 aromatic rings. The topological polar surface area (TPSA) is 17.1 Å². The predicted molar refractivity (Wildman–Crippen MR) is 113 cm³/mol. The van der Waals surface area contributed by atoms with Crippen molar-refractivity contribution in [2.45, 2.75) is 98.8 Å². The summed E-state index contributed by atoms with van der Waals surface area (Å²) in [6, 6.07) is 0. The van der Waals surface area contributed by atoms with E-state index in [4.69, 9.17) is 0 Å². The Morgan fingerprint density at radius 3 is 2.37 bits per heavy atom. The molecule has 4 saturated carbocycles. The molecule has 27 heavy (non-hydrogen) atoms. The first-order valence-corrected chi connectivity index (χ1v) is 12.0. The standard InChI is InChI=1S/C26H42O/c1-6-17(3)24(27)18-8-9-20-10-12-21-22-13-11-19(7-2)25(22,4)15-14-23(21)26(20,5)16-18/h6,18-23H,7-16H2,1-5H3/t18?,19-,20?,21-,22-,23-,25+,26-/m0/s1. The summed E-state index contributed by atoms with van der Waals surface area (Å²) in [5.41, 5.74) is 2.03. The second-order valence-corrected chi connectivity index (χ2v) is 11.2. The Hall–Kier alpha value is -0.590. The van der Waals surface area contributed by atoms with Crippen molar-refractivity contribution in [3.8, 4) is 0 Å². The highest BCUT2D eigenvalue weighted by molar-refractivity contribution is 5.96. The summed E-state index contributed by atoms with van der Waals surface area (Å²) >= 11 is 0. The first-order chi connectivity index (χ1) is 12.8. The first kappa shape index (κ1) is 19.7. The molecule has 1 heteroatoms. The summed E-state index contributed by atoms with van der Waals surface area (Å²) in [5.74, 6) is 5.37. The largest absolute Gasteiger partial charge is 0.294 e. The fourth-order valence-electron chi connectivity index (χ4n) is 8.83. The minimum atomic E-state index is 0.293. The molecule has 4 rings (SSSR count). The summed E-state index contributed by atoms with van der Waals surface area (Å²) < 4.78 is 0. The molecule has 8 atom stereocenters. The number of ketones is 1. The molecule has 0 heterocycles. The molecule has 0 aromatic carbocycles. The van der Waals surface area contributed by atoms with Gasteiger partial charge in [0.1, 0.15) is 0 Å². The molecule has 0 amide bonds. The normalized spacial score (nSPS) is 49.9. The van der Waals surface area contributed by atoms with Gasteiger partial charge in [-0.1, -0.05) is 33.3 Å². The zero-order valence-corrected chi connectivity index (χ0v) is 18.5. The molecule has 1 nitrogen and oxygen atoms in total. The van der Waals surface area contributed by atoms with Gasteiger partial charge in [0.05, 0.1) is 0 Å². The third kappa shape index (κ3) is 2.89. The third-order valence-corrected chi connectivity index (χ3v) is 10.5. The van der Waals surface area contributed by atoms with Crippen molar-refractivity contribution in [2.75, 3.05) is 0 Å². The summed E-state index contributed by atoms with van der Waals surface area (Å²) in [7, 11) is 0. The highest BCUT2D eigenvalue weighted by atomic mass is 16.1. The number of carbonyl (C=O) groups excluding carboxylic acids is 1. The van der Waals surface area contributed by atoms with Crippen LogP contribution in [0.5, 0.6) is 0 Å². The van der Waals surface area contributed by atoms with Crippen molar-refractivity contribution in [2.24, 2.45) is 46.3 Å². The lowest BCUT2D eigenvalue weighted by Gasteiger charge is -2.61. The molecule has 0 aliphatic heterocycles. The van der Waals surface area contributed by atoms with E-state index in [1.165, 1.54) is 57.8 Å². The fraction of sp³-hybridized carbons (Fsp3) is 0.885. The average Bonchev–Trinajstić information content (AvgIpc) is 3.02. The number of hydrogen-bond donors (Lipinski definition) is 0. The number of allylic oxidation sites excluding steroid dienone is 2. The van der Waals surface area contributed by atoms with Gasteiger partial charge in [0.25, 0.3) is 0 Å². The molecule has 4 aliphatic carbocycles. The van der Waals surface area contributed by atoms with Crippen LogP contribution in [0.4, 0.5) is 0 Å². The van der Waals surface area contributed by atoms with Crippen LogP contribution in [-0.4, -0.2) is 5.78 Å². The molecule has 152 valence electrons. The number of hydrogen-bond acceptors (Lipinski definition) is 1. The third-order valence-electron chi connectivity index (χ3n) is 10.5. The Kier molecular flexibility index (Phi) is 5.13. The van der Waals surface area contributed by atoms with Crippen LogP contribution in [0.3, 0.4) is 0 Å². The van der Waals surface area contributed by atoms with Crippen molar-refractivity contribution in [3.63, 3.8) is 0 Å². The van der Waals surface area contributed by atoms with Crippen LogP contribution in [0.1, 0.15) is 98.8 Å². The molecule has 0 N–H and O–H groups in total. The second-order valence-electron chi connectivity index (χ2n) is 11.2. The molecule has 4 fully saturated rings. The lowest BCUT2D eigenvalue weighted by molar-refractivity contribution is -0.136. The monoisotopic (exact) mass is 370 g/mol. The van der Waals surface area contributed by atoms with E-state index < -0.39 is 0 Å². The Labute approximate surface area is 167 Å². The molecule has 0 spiro atoms. The predicted octanol–water partition coefficient (Wildman–Crippen LogP) is 7.21. The van der Waals surface area contributed by atoms with E-state index in [2.05, 4.69) is 20.8 Å². The van der Waals surface area contributed by atoms with Gasteiger partial charge in [-0.15, -0.1) is 0 Å². The van der Waals surface area contributed by atoms with Crippen LogP contribution >= 0.6 is 0 Å². The van der Waals surface area contributed by atoms with E-state index in [1.54, 1.807) is 0 Å². The first-order valence-electron chi connectivity index (χ1n) is 12.0. The summed E-state index contributed by atoms with van der Waals surface area (Å²) in [4.78, 5) is 13.0. The van der Waals surface area contributed by atoms with Crippen molar-refractivity contribution < 1.29 is 4.79 Å². The lowest BCUT2D eigenvalue weighted by atomic mass is 9.44. The minimum absolute atomic E-state index is 0.293. The molecule has 0 aromatic heterocycles. The highest BCUT2D eigenvalue weighted by Crippen LogP contribution is 2.68. The maximum atomic E-state index is 13.0. The zero-order chi connectivity index (χ0) is 19.4. The molecule has 0 bridgehead atoms. The van der Waals surface area contributed by atoms with Crippen molar-refractivity contribution in [1.82, 2.24) is 0 Å². The van der Waals surface area contributed by atoms with Gasteiger partial charge in [-0.2, -0.15) is 0 Å². The van der Waals surface area contributed by atoms with Gasteiger partial charge < -0.3 is 0 Å². The van der Waals surface area contributed by atoms with Gasteiger partial charge in [-0.25, -0.2) is 0 Å². The van der Waals surface area contributed by atoms with Crippen LogP contribution in [0.25, 0.3) is 0 Å². The van der Waals surface area contributed by atoms with Crippen LogP contribution < -0.4 is 0 Å². The Morgan fingerprint density at radius 1 is 0.963 bits per heavy atom. The molecule has 0 saturated heterocycles. The van der Waals surface area contributed by atoms with Gasteiger partial charge >= 0.3 is 0 Å². The van der Waals surface area contributed by atoms with E-state index in [1.807, 2.05) is 19.9 Å². The number of Topliss-reactive ketones (excluding diaryl/α,β-unsaturated/α-hetero) is 1. The fourth-order valence-corrected chi connectivity index (χ4v) is 8.83. The van der Waals surface area contributed by atoms with Gasteiger partial charge in [0, 0.05) is 5.92 Å². The summed E-state index contributed by atoms with van der Waals surface area (Å²) in [6.45, 7) is 11.7. The van der Waals surface area contributed by atoms with Crippen LogP contribution in [0, 0.1) is 46.3 Å². The number of rotatable bonds is 3. The van der Waals surface area contributed by atoms with Gasteiger partial charge in [0.2, 0.25) is 0 Å². The van der Waals surface area contributed by atoms with E-state index in [-0.39, 0.29) is 0 Å². The quantitative estimate of drug-likeness (QED) is 0.480. The van der Waals surface area contributed by atoms with Gasteiger partial charge in [-0.3, -0.25) is 4.79 Å². The minimum Gasteiger partial charge on any atom is -0.294 e. The van der Waals surface area contributed by atoms with E-state index in [0.29, 0.717) is 22.5 Å². The van der Waals surface area contributed by atoms with Crippen LogP contribution in [0.2, 0.25) is 0 Å². The van der Waals surface area contributed by atoms with Crippen LogP contribution in [-0.2, 0) is 4.79 Å². The molecular weight excluding hydrogens is 328 g/mol. The Bertz CT molecular complexity index is 618. The zero-order valence-electron chi connectivity index (χ0n) is 18.5. The Morgan fingerprint density at radius 2 is 1.67 bits per heavy atom. The van der Waals surface area contributed by atoms with Gasteiger partial charge in [0.15, 0.2) is 5.78 Å². The Balaban J connectivity index is 1.58. The maximum absolute atomic E-state index is 13.0. The SMILES string of the molecule is CC=C(C)C(=O)C1CCC2CC[C@H]3[C@@H]4CC[C@H](CC)[C@@]4(C)CC[C@@H]3[C@@]2(C)C1. The van der Waals surface area contributed by atoms with Crippen molar-refractivity contribution in [3.05, 3.63) is 11.6 Å². The highest BCUT2D eigenvalue weighted by Gasteiger charge is 2.60. The summed E-state index contributed by atoms with van der Waals surface area (Å²) in [6.07, 6.45) is 15.8. The smallest absolute Gasteiger partial charge is 0.161 e. The van der Waals surface area contributed by atoms with Crippen molar-refractivity contribution in [1.29, 1.82) is 0 Å². The van der Waals surface area contributed by atoms with Gasteiger partial charge in [-0.05, 0) is 118 Å². The maximum Gasteiger partial charge on any atom is 0.161 e. The van der Waals surface area contributed by atoms with Crippen LogP contribution in [0.15, 0.2) is 11.6 Å². The molecule has 2 unspecified atom stereocenters. The molecular formula is C26H42O. The van der Waals surface area contributed by atoms with E-state index >= 15 is 0 Å². The van der Waals surface area contributed by atoms with Crippen molar-refractivity contribution >= 4 is 5.78 Å². The molecule has 0 radical (unpaired) electrons. The molecule has 4 aliphatic rings.